The monoisotopic (exact) mass is 404 g/mol. The number of carbonyl (C=O) groups is 1. The maximum absolute atomic E-state index is 12.8. The van der Waals surface area contributed by atoms with Crippen LogP contribution in [-0.4, -0.2) is 48.8 Å². The highest BCUT2D eigenvalue weighted by molar-refractivity contribution is 5.97. The molecule has 1 fully saturated rings. The van der Waals surface area contributed by atoms with Crippen LogP contribution in [0.15, 0.2) is 24.3 Å². The smallest absolute Gasteiger partial charge is 0.256 e. The Morgan fingerprint density at radius 1 is 1.21 bits per heavy atom. The summed E-state index contributed by atoms with van der Waals surface area (Å²) in [6.07, 6.45) is 7.87. The lowest BCUT2D eigenvalue weighted by atomic mass is 9.96. The van der Waals surface area contributed by atoms with Crippen molar-refractivity contribution in [1.29, 1.82) is 0 Å². The number of nitrogens with zero attached hydrogens (tertiary/aromatic N) is 1. The summed E-state index contributed by atoms with van der Waals surface area (Å²) in [5.74, 6) is 0.756. The van der Waals surface area contributed by atoms with Gasteiger partial charge in [-0.15, -0.1) is 0 Å². The molecule has 0 radical (unpaired) electrons. The molecule has 0 aliphatic carbocycles. The van der Waals surface area contributed by atoms with E-state index >= 15 is 0 Å². The molecule has 1 aliphatic heterocycles. The van der Waals surface area contributed by atoms with Crippen LogP contribution in [0.25, 0.3) is 0 Å². The lowest BCUT2D eigenvalue weighted by Crippen LogP contribution is -2.42. The van der Waals surface area contributed by atoms with Gasteiger partial charge in [-0.1, -0.05) is 32.6 Å². The Balaban J connectivity index is 1.82. The second-order valence-corrected chi connectivity index (χ2v) is 8.33. The van der Waals surface area contributed by atoms with Gasteiger partial charge in [0.2, 0.25) is 0 Å². The molecule has 1 amide bonds. The summed E-state index contributed by atoms with van der Waals surface area (Å²) >= 11 is 0. The summed E-state index contributed by atoms with van der Waals surface area (Å²) in [4.78, 5) is 15.3. The number of ether oxygens (including phenoxy) is 2. The SMILES string of the molecule is CCCCC[C@@](C)(OCC)C(=O)Nc1ccc(OCCN2CCCC[C@@H]2C)cc1. The predicted octanol–water partition coefficient (Wildman–Crippen LogP) is 5.25. The number of amides is 1. The highest BCUT2D eigenvalue weighted by atomic mass is 16.5. The van der Waals surface area contributed by atoms with Crippen LogP contribution in [0.5, 0.6) is 5.75 Å². The van der Waals surface area contributed by atoms with Crippen LogP contribution in [0, 0.1) is 0 Å². The third kappa shape index (κ3) is 7.63. The minimum Gasteiger partial charge on any atom is -0.492 e. The highest BCUT2D eigenvalue weighted by Crippen LogP contribution is 2.23. The number of hydrogen-bond donors (Lipinski definition) is 1. The van der Waals surface area contributed by atoms with Gasteiger partial charge in [-0.2, -0.15) is 0 Å². The van der Waals surface area contributed by atoms with Crippen molar-refractivity contribution >= 4 is 11.6 Å². The van der Waals surface area contributed by atoms with Crippen molar-refractivity contribution in [1.82, 2.24) is 4.90 Å². The van der Waals surface area contributed by atoms with Crippen LogP contribution >= 0.6 is 0 Å². The topological polar surface area (TPSA) is 50.8 Å². The average molecular weight is 405 g/mol. The summed E-state index contributed by atoms with van der Waals surface area (Å²) in [6, 6.07) is 8.29. The summed E-state index contributed by atoms with van der Waals surface area (Å²) in [5.41, 5.74) is -0.0158. The molecule has 1 N–H and O–H groups in total. The van der Waals surface area contributed by atoms with Crippen molar-refractivity contribution in [3.05, 3.63) is 24.3 Å². The first-order valence-electron chi connectivity index (χ1n) is 11.4. The van der Waals surface area contributed by atoms with Crippen LogP contribution in [0.3, 0.4) is 0 Å². The minimum atomic E-state index is -0.787. The largest absolute Gasteiger partial charge is 0.492 e. The van der Waals surface area contributed by atoms with Gasteiger partial charge in [0.15, 0.2) is 0 Å². The van der Waals surface area contributed by atoms with Gasteiger partial charge in [0, 0.05) is 24.9 Å². The van der Waals surface area contributed by atoms with E-state index in [1.807, 2.05) is 38.1 Å². The Bertz CT molecular complexity index is 605. The van der Waals surface area contributed by atoms with Gasteiger partial charge in [-0.3, -0.25) is 9.69 Å². The molecule has 0 aromatic heterocycles. The van der Waals surface area contributed by atoms with Crippen LogP contribution in [0.1, 0.15) is 72.6 Å². The zero-order valence-electron chi connectivity index (χ0n) is 18.8. The van der Waals surface area contributed by atoms with Gasteiger partial charge in [0.1, 0.15) is 18.0 Å². The summed E-state index contributed by atoms with van der Waals surface area (Å²) in [5, 5.41) is 3.01. The first-order valence-corrected chi connectivity index (χ1v) is 11.4. The summed E-state index contributed by atoms with van der Waals surface area (Å²) < 4.78 is 11.7. The molecule has 2 atom stereocenters. The molecule has 0 saturated carbocycles. The number of nitrogens with one attached hydrogen (secondary N) is 1. The van der Waals surface area contributed by atoms with Gasteiger partial charge >= 0.3 is 0 Å². The zero-order chi connectivity index (χ0) is 21.1. The molecule has 2 rings (SSSR count). The van der Waals surface area contributed by atoms with Crippen LogP contribution in [0.2, 0.25) is 0 Å². The Hall–Kier alpha value is -1.59. The van der Waals surface area contributed by atoms with E-state index in [2.05, 4.69) is 24.1 Å². The van der Waals surface area contributed by atoms with Crippen molar-refractivity contribution in [2.24, 2.45) is 0 Å². The van der Waals surface area contributed by atoms with E-state index in [9.17, 15) is 4.79 Å². The fourth-order valence-electron chi connectivity index (χ4n) is 3.95. The lowest BCUT2D eigenvalue weighted by molar-refractivity contribution is -0.139. The second-order valence-electron chi connectivity index (χ2n) is 8.33. The predicted molar refractivity (Wildman–Crippen MR) is 120 cm³/mol. The molecule has 0 unspecified atom stereocenters. The molecule has 164 valence electrons. The maximum Gasteiger partial charge on any atom is 0.256 e. The lowest BCUT2D eigenvalue weighted by Gasteiger charge is -2.33. The number of rotatable bonds is 12. The molecule has 0 bridgehead atoms. The standard InChI is InChI=1S/C24H40N2O3/c1-5-7-9-16-24(4,29-6-2)23(27)25-21-12-14-22(15-13-21)28-19-18-26-17-10-8-11-20(26)3/h12-15,20H,5-11,16-19H2,1-4H3,(H,25,27)/t20-,24+/m0/s1. The van der Waals surface area contributed by atoms with E-state index in [0.717, 1.165) is 43.7 Å². The summed E-state index contributed by atoms with van der Waals surface area (Å²) in [7, 11) is 0. The van der Waals surface area contributed by atoms with E-state index in [-0.39, 0.29) is 5.91 Å². The molecular formula is C24H40N2O3. The Morgan fingerprint density at radius 2 is 1.97 bits per heavy atom. The maximum atomic E-state index is 12.8. The van der Waals surface area contributed by atoms with Crippen molar-refractivity contribution in [3.8, 4) is 5.75 Å². The zero-order valence-corrected chi connectivity index (χ0v) is 18.8. The fraction of sp³-hybridized carbons (Fsp3) is 0.708. The van der Waals surface area contributed by atoms with Gasteiger partial charge < -0.3 is 14.8 Å². The molecule has 1 heterocycles. The van der Waals surface area contributed by atoms with E-state index in [4.69, 9.17) is 9.47 Å². The second kappa shape index (κ2) is 12.2. The average Bonchev–Trinajstić information content (AvgIpc) is 2.71. The third-order valence-electron chi connectivity index (χ3n) is 5.90. The number of anilines is 1. The normalized spacial score (nSPS) is 19.5. The Labute approximate surface area is 177 Å². The van der Waals surface area contributed by atoms with E-state index < -0.39 is 5.60 Å². The molecule has 29 heavy (non-hydrogen) atoms. The van der Waals surface area contributed by atoms with Gasteiger partial charge in [-0.25, -0.2) is 0 Å². The molecule has 5 heteroatoms. The van der Waals surface area contributed by atoms with Crippen molar-refractivity contribution in [2.75, 3.05) is 31.6 Å². The minimum absolute atomic E-state index is 0.0804. The van der Waals surface area contributed by atoms with E-state index in [1.165, 1.54) is 25.8 Å². The molecule has 1 saturated heterocycles. The Kier molecular flexibility index (Phi) is 9.95. The van der Waals surface area contributed by atoms with Gasteiger partial charge in [-0.05, 0) is 70.8 Å². The number of unbranched alkanes of at least 4 members (excludes halogenated alkanes) is 2. The first kappa shape index (κ1) is 23.7. The fourth-order valence-corrected chi connectivity index (χ4v) is 3.95. The third-order valence-corrected chi connectivity index (χ3v) is 5.90. The van der Waals surface area contributed by atoms with Crippen LogP contribution in [-0.2, 0) is 9.53 Å². The summed E-state index contributed by atoms with van der Waals surface area (Å²) in [6.45, 7) is 11.6. The van der Waals surface area contributed by atoms with Crippen molar-refractivity contribution < 1.29 is 14.3 Å². The van der Waals surface area contributed by atoms with E-state index in [1.54, 1.807) is 0 Å². The molecule has 1 aromatic rings. The van der Waals surface area contributed by atoms with Crippen LogP contribution in [0.4, 0.5) is 5.69 Å². The quantitative estimate of drug-likeness (QED) is 0.483. The molecule has 0 spiro atoms. The number of likely N-dealkylation sites (tertiary alicyclic amines) is 1. The number of carbonyl (C=O) groups excluding carboxylic acids is 1. The molecular weight excluding hydrogens is 364 g/mol. The van der Waals surface area contributed by atoms with Crippen molar-refractivity contribution in [3.63, 3.8) is 0 Å². The molecule has 1 aliphatic rings. The first-order chi connectivity index (χ1) is 14.0. The number of hydrogen-bond acceptors (Lipinski definition) is 4. The van der Waals surface area contributed by atoms with Gasteiger partial charge in [0.05, 0.1) is 0 Å². The highest BCUT2D eigenvalue weighted by Gasteiger charge is 2.33. The molecule has 1 aromatic carbocycles. The van der Waals surface area contributed by atoms with Crippen LogP contribution < -0.4 is 10.1 Å². The van der Waals surface area contributed by atoms with Gasteiger partial charge in [0.25, 0.3) is 5.91 Å². The Morgan fingerprint density at radius 3 is 2.62 bits per heavy atom. The number of piperidine rings is 1. The van der Waals surface area contributed by atoms with E-state index in [0.29, 0.717) is 19.3 Å². The van der Waals surface area contributed by atoms with Crippen molar-refractivity contribution in [2.45, 2.75) is 84.3 Å². The molecule has 5 nitrogen and oxygen atoms in total. The number of benzene rings is 1.